The van der Waals surface area contributed by atoms with E-state index in [0.717, 1.165) is 41.6 Å². The van der Waals surface area contributed by atoms with E-state index in [2.05, 4.69) is 19.2 Å². The van der Waals surface area contributed by atoms with Gasteiger partial charge in [-0.15, -0.1) is 0 Å². The highest BCUT2D eigenvalue weighted by atomic mass is 35.5. The summed E-state index contributed by atoms with van der Waals surface area (Å²) in [5.41, 5.74) is 2.39. The number of halogens is 1. The van der Waals surface area contributed by atoms with Crippen molar-refractivity contribution in [1.82, 2.24) is 0 Å². The maximum Gasteiger partial charge on any atom is 0.310 e. The maximum absolute atomic E-state index is 12.4. The fraction of sp³-hybridized carbons (Fsp3) is 0.500. The molecule has 0 amide bonds. The number of esters is 1. The number of benzene rings is 2. The van der Waals surface area contributed by atoms with Crippen LogP contribution in [-0.2, 0) is 9.53 Å². The molecule has 5 rings (SSSR count). The maximum atomic E-state index is 12.4. The van der Waals surface area contributed by atoms with Gasteiger partial charge in [0, 0.05) is 34.4 Å². The van der Waals surface area contributed by atoms with Gasteiger partial charge in [-0.05, 0) is 36.6 Å². The lowest BCUT2D eigenvalue weighted by atomic mass is 9.84. The van der Waals surface area contributed by atoms with Gasteiger partial charge >= 0.3 is 5.97 Å². The summed E-state index contributed by atoms with van der Waals surface area (Å²) in [6.07, 6.45) is 6.70. The Kier molecular flexibility index (Phi) is 5.70. The second-order valence-corrected chi connectivity index (χ2v) is 10.3. The molecule has 4 nitrogen and oxygen atoms in total. The molecule has 31 heavy (non-hydrogen) atoms. The summed E-state index contributed by atoms with van der Waals surface area (Å²) in [5, 5.41) is 0.728. The normalized spacial score (nSPS) is 27.0. The molecule has 5 heteroatoms. The first kappa shape index (κ1) is 20.8. The number of ether oxygens (including phenoxy) is 2. The molecule has 0 N–H and O–H groups in total. The molecule has 3 aliphatic rings. The number of nitrogens with zero attached hydrogens (tertiary/aromatic N) is 1. The van der Waals surface area contributed by atoms with Crippen LogP contribution in [-0.4, -0.2) is 37.3 Å². The van der Waals surface area contributed by atoms with Gasteiger partial charge in [0.25, 0.3) is 0 Å². The first-order valence-electron chi connectivity index (χ1n) is 11.6. The van der Waals surface area contributed by atoms with Crippen molar-refractivity contribution < 1.29 is 18.8 Å². The molecule has 3 atom stereocenters. The quantitative estimate of drug-likeness (QED) is 0.407. The fourth-order valence-corrected chi connectivity index (χ4v) is 6.02. The minimum Gasteiger partial charge on any atom is -0.457 e. The standard InChI is InChI=1S/C26H31ClNO3/c1-28(17-30-26(29)13-10-18-6-2-3-7-18)15-22-20-8-4-5-9-24(20)31-25-12-11-19(27)14-21(25)23(22)16-28/h4-5,8-9,11-12,14,18,22-23H,2-3,6-7,10,13,15-17H2,1H3/q+1. The molecule has 0 bridgehead atoms. The van der Waals surface area contributed by atoms with Gasteiger partial charge in [0.05, 0.1) is 20.1 Å². The van der Waals surface area contributed by atoms with E-state index >= 15 is 0 Å². The Bertz CT molecular complexity index is 971. The fourth-order valence-electron chi connectivity index (χ4n) is 5.84. The lowest BCUT2D eigenvalue weighted by molar-refractivity contribution is -0.915. The van der Waals surface area contributed by atoms with Crippen LogP contribution in [0.4, 0.5) is 0 Å². The summed E-state index contributed by atoms with van der Waals surface area (Å²) in [5.74, 6) is 3.04. The predicted octanol–water partition coefficient (Wildman–Crippen LogP) is 6.24. The average Bonchev–Trinajstić information content (AvgIpc) is 3.38. The van der Waals surface area contributed by atoms with Gasteiger partial charge in [0.1, 0.15) is 11.5 Å². The monoisotopic (exact) mass is 440 g/mol. The van der Waals surface area contributed by atoms with Crippen LogP contribution in [0.1, 0.15) is 61.5 Å². The number of para-hydroxylation sites is 1. The van der Waals surface area contributed by atoms with Gasteiger partial charge in [0.2, 0.25) is 6.73 Å². The zero-order valence-electron chi connectivity index (χ0n) is 18.2. The van der Waals surface area contributed by atoms with E-state index in [1.807, 2.05) is 30.3 Å². The zero-order valence-corrected chi connectivity index (χ0v) is 18.9. The van der Waals surface area contributed by atoms with Crippen molar-refractivity contribution in [2.45, 2.75) is 50.4 Å². The minimum absolute atomic E-state index is 0.0504. The molecular formula is C26H31ClNO3+. The molecule has 1 aliphatic carbocycles. The Morgan fingerprint density at radius 3 is 2.58 bits per heavy atom. The van der Waals surface area contributed by atoms with Gasteiger partial charge in [-0.25, -0.2) is 0 Å². The predicted molar refractivity (Wildman–Crippen MR) is 122 cm³/mol. The van der Waals surface area contributed by atoms with Crippen molar-refractivity contribution in [2.75, 3.05) is 26.9 Å². The lowest BCUT2D eigenvalue weighted by Crippen LogP contribution is -2.44. The second-order valence-electron chi connectivity index (χ2n) is 9.85. The number of likely N-dealkylation sites (N-methyl/N-ethyl adjacent to an activating group) is 1. The van der Waals surface area contributed by atoms with Crippen LogP contribution < -0.4 is 4.74 Å². The molecule has 2 aromatic rings. The molecule has 3 unspecified atom stereocenters. The highest BCUT2D eigenvalue weighted by molar-refractivity contribution is 6.30. The molecule has 0 aromatic heterocycles. The summed E-state index contributed by atoms with van der Waals surface area (Å²) in [4.78, 5) is 12.4. The van der Waals surface area contributed by atoms with Crippen molar-refractivity contribution in [2.24, 2.45) is 5.92 Å². The minimum atomic E-state index is -0.0504. The molecular weight excluding hydrogens is 410 g/mol. The van der Waals surface area contributed by atoms with Crippen molar-refractivity contribution in [3.63, 3.8) is 0 Å². The SMILES string of the molecule is C[N+]1(COC(=O)CCC2CCCC2)CC2c3ccccc3Oc3ccc(Cl)cc3C2C1. The molecule has 2 heterocycles. The van der Waals surface area contributed by atoms with Gasteiger partial charge in [0.15, 0.2) is 0 Å². The summed E-state index contributed by atoms with van der Waals surface area (Å²) in [6.45, 7) is 2.23. The third-order valence-electron chi connectivity index (χ3n) is 7.44. The van der Waals surface area contributed by atoms with E-state index in [-0.39, 0.29) is 11.9 Å². The number of fused-ring (bicyclic) bond motifs is 5. The smallest absolute Gasteiger partial charge is 0.310 e. The largest absolute Gasteiger partial charge is 0.457 e. The Labute approximate surface area is 189 Å². The van der Waals surface area contributed by atoms with Crippen LogP contribution in [0.5, 0.6) is 11.5 Å². The third kappa shape index (κ3) is 4.33. The van der Waals surface area contributed by atoms with Crippen molar-refractivity contribution in [3.05, 3.63) is 58.6 Å². The highest BCUT2D eigenvalue weighted by Gasteiger charge is 2.48. The molecule has 0 radical (unpaired) electrons. The van der Waals surface area contributed by atoms with Crippen molar-refractivity contribution in [1.29, 1.82) is 0 Å². The van der Waals surface area contributed by atoms with Crippen LogP contribution >= 0.6 is 11.6 Å². The van der Waals surface area contributed by atoms with Gasteiger partial charge in [-0.1, -0.05) is 55.5 Å². The molecule has 2 fully saturated rings. The number of hydrogen-bond acceptors (Lipinski definition) is 3. The van der Waals surface area contributed by atoms with Gasteiger partial charge < -0.3 is 9.47 Å². The number of rotatable bonds is 5. The second kappa shape index (κ2) is 8.48. The Balaban J connectivity index is 1.33. The molecule has 0 spiro atoms. The Morgan fingerprint density at radius 1 is 1.06 bits per heavy atom. The summed E-state index contributed by atoms with van der Waals surface area (Å²) in [6, 6.07) is 14.2. The van der Waals surface area contributed by atoms with Crippen LogP contribution in [0.25, 0.3) is 0 Å². The van der Waals surface area contributed by atoms with Crippen LogP contribution in [0.2, 0.25) is 5.02 Å². The van der Waals surface area contributed by atoms with Crippen LogP contribution in [0.3, 0.4) is 0 Å². The number of likely N-dealkylation sites (tertiary alicyclic amines) is 1. The topological polar surface area (TPSA) is 35.5 Å². The van der Waals surface area contributed by atoms with Gasteiger partial charge in [-0.3, -0.25) is 9.28 Å². The first-order valence-corrected chi connectivity index (χ1v) is 11.9. The molecule has 164 valence electrons. The van der Waals surface area contributed by atoms with Gasteiger partial charge in [-0.2, -0.15) is 0 Å². The van der Waals surface area contributed by atoms with E-state index in [1.165, 1.54) is 31.2 Å². The van der Waals surface area contributed by atoms with E-state index < -0.39 is 0 Å². The van der Waals surface area contributed by atoms with Crippen LogP contribution in [0, 0.1) is 5.92 Å². The van der Waals surface area contributed by atoms with Crippen LogP contribution in [0.15, 0.2) is 42.5 Å². The number of quaternary nitrogens is 1. The number of carbonyl (C=O) groups excluding carboxylic acids is 1. The zero-order chi connectivity index (χ0) is 21.4. The number of carbonyl (C=O) groups is 1. The Morgan fingerprint density at radius 2 is 1.77 bits per heavy atom. The molecule has 1 saturated carbocycles. The van der Waals surface area contributed by atoms with Crippen molar-refractivity contribution in [3.8, 4) is 11.5 Å². The summed E-state index contributed by atoms with van der Waals surface area (Å²) < 4.78 is 12.8. The Hall–Kier alpha value is -2.04. The highest BCUT2D eigenvalue weighted by Crippen LogP contribution is 2.51. The average molecular weight is 441 g/mol. The third-order valence-corrected chi connectivity index (χ3v) is 7.67. The number of hydrogen-bond donors (Lipinski definition) is 0. The van der Waals surface area contributed by atoms with E-state index in [0.29, 0.717) is 29.5 Å². The summed E-state index contributed by atoms with van der Waals surface area (Å²) >= 11 is 6.36. The first-order chi connectivity index (χ1) is 15.0. The lowest BCUT2D eigenvalue weighted by Gasteiger charge is -2.29. The molecule has 1 saturated heterocycles. The van der Waals surface area contributed by atoms with E-state index in [1.54, 1.807) is 0 Å². The molecule has 2 aromatic carbocycles. The van der Waals surface area contributed by atoms with E-state index in [4.69, 9.17) is 21.1 Å². The molecule has 2 aliphatic heterocycles. The van der Waals surface area contributed by atoms with Crippen molar-refractivity contribution >= 4 is 17.6 Å². The van der Waals surface area contributed by atoms with E-state index in [9.17, 15) is 4.79 Å². The summed E-state index contributed by atoms with van der Waals surface area (Å²) in [7, 11) is 2.20.